The molecule has 0 aromatic rings. The van der Waals surface area contributed by atoms with Crippen LogP contribution in [-0.2, 0) is 9.68 Å². The maximum Gasteiger partial charge on any atom is 0.122 e. The van der Waals surface area contributed by atoms with Crippen LogP contribution in [0.4, 0.5) is 0 Å². The van der Waals surface area contributed by atoms with Crippen molar-refractivity contribution in [3.05, 3.63) is 0 Å². The van der Waals surface area contributed by atoms with Gasteiger partial charge in [-0.25, -0.2) is 0 Å². The van der Waals surface area contributed by atoms with E-state index in [1.165, 1.54) is 0 Å². The van der Waals surface area contributed by atoms with Crippen LogP contribution in [0.5, 0.6) is 0 Å². The van der Waals surface area contributed by atoms with Gasteiger partial charge in [0.1, 0.15) is 13.2 Å². The molecular formula is C6H10N2O2. The third-order valence-electron chi connectivity index (χ3n) is 0.975. The fourth-order valence-electron chi connectivity index (χ4n) is 0.527. The molecular weight excluding hydrogens is 132 g/mol. The summed E-state index contributed by atoms with van der Waals surface area (Å²) in [5, 5.41) is 6.92. The molecule has 4 heteroatoms. The Morgan fingerprint density at radius 1 is 0.900 bits per heavy atom. The Balaban J connectivity index is 0.0000001000. The Labute approximate surface area is 59.5 Å². The highest BCUT2D eigenvalue weighted by molar-refractivity contribution is 5.57. The fourth-order valence-corrected chi connectivity index (χ4v) is 0.527. The van der Waals surface area contributed by atoms with Crippen LogP contribution in [0.25, 0.3) is 0 Å². The van der Waals surface area contributed by atoms with Crippen molar-refractivity contribution in [2.45, 2.75) is 12.8 Å². The van der Waals surface area contributed by atoms with Gasteiger partial charge in [-0.3, -0.25) is 0 Å². The molecule has 0 radical (unpaired) electrons. The van der Waals surface area contributed by atoms with E-state index in [9.17, 15) is 0 Å². The number of oxime groups is 2. The average Bonchev–Trinajstić information content (AvgIpc) is 2.67. The minimum absolute atomic E-state index is 0.778. The molecule has 0 aromatic heterocycles. The first-order valence-electron chi connectivity index (χ1n) is 3.28. The number of hydrogen-bond donors (Lipinski definition) is 0. The van der Waals surface area contributed by atoms with Crippen molar-refractivity contribution in [1.29, 1.82) is 0 Å². The van der Waals surface area contributed by atoms with Crippen molar-refractivity contribution in [2.24, 2.45) is 10.3 Å². The molecule has 0 aliphatic carbocycles. The van der Waals surface area contributed by atoms with Gasteiger partial charge in [-0.05, 0) is 0 Å². The minimum atomic E-state index is 0.778. The van der Waals surface area contributed by atoms with E-state index in [0.29, 0.717) is 0 Å². The van der Waals surface area contributed by atoms with Crippen LogP contribution in [0.1, 0.15) is 12.8 Å². The zero-order chi connectivity index (χ0) is 7.07. The summed E-state index contributed by atoms with van der Waals surface area (Å²) in [4.78, 5) is 9.03. The van der Waals surface area contributed by atoms with Gasteiger partial charge >= 0.3 is 0 Å². The van der Waals surface area contributed by atoms with Crippen LogP contribution in [0, 0.1) is 0 Å². The Bertz CT molecular complexity index is 106. The van der Waals surface area contributed by atoms with E-state index in [2.05, 4.69) is 20.0 Å². The Kier molecular flexibility index (Phi) is 3.37. The largest absolute Gasteiger partial charge is 0.396 e. The van der Waals surface area contributed by atoms with Crippen molar-refractivity contribution in [1.82, 2.24) is 0 Å². The van der Waals surface area contributed by atoms with Gasteiger partial charge in [-0.1, -0.05) is 10.3 Å². The molecule has 0 saturated carbocycles. The summed E-state index contributed by atoms with van der Waals surface area (Å²) in [5.41, 5.74) is 0. The molecule has 0 aromatic carbocycles. The van der Waals surface area contributed by atoms with Gasteiger partial charge in [0.15, 0.2) is 0 Å². The van der Waals surface area contributed by atoms with Crippen molar-refractivity contribution >= 4 is 12.4 Å². The zero-order valence-corrected chi connectivity index (χ0v) is 5.69. The lowest BCUT2D eigenvalue weighted by atomic mass is 10.5. The molecule has 2 aliphatic heterocycles. The molecule has 2 aliphatic rings. The molecule has 10 heavy (non-hydrogen) atoms. The highest BCUT2D eigenvalue weighted by Crippen LogP contribution is 1.86. The smallest absolute Gasteiger partial charge is 0.122 e. The second-order valence-corrected chi connectivity index (χ2v) is 1.82. The van der Waals surface area contributed by atoms with Crippen LogP contribution in [0.2, 0.25) is 0 Å². The first-order valence-corrected chi connectivity index (χ1v) is 3.28. The van der Waals surface area contributed by atoms with E-state index in [4.69, 9.17) is 0 Å². The van der Waals surface area contributed by atoms with Gasteiger partial charge in [0.2, 0.25) is 0 Å². The SMILES string of the molecule is C1=NOCC1.C1=NOCC1. The first kappa shape index (κ1) is 7.05. The van der Waals surface area contributed by atoms with E-state index >= 15 is 0 Å². The second kappa shape index (κ2) is 4.78. The number of hydrogen-bond acceptors (Lipinski definition) is 4. The molecule has 0 fully saturated rings. The van der Waals surface area contributed by atoms with Crippen LogP contribution in [0.15, 0.2) is 10.3 Å². The third-order valence-corrected chi connectivity index (χ3v) is 0.975. The molecule has 2 heterocycles. The summed E-state index contributed by atoms with van der Waals surface area (Å²) >= 11 is 0. The molecule has 0 spiro atoms. The number of nitrogens with zero attached hydrogens (tertiary/aromatic N) is 2. The molecule has 0 bridgehead atoms. The molecule has 0 N–H and O–H groups in total. The van der Waals surface area contributed by atoms with E-state index in [1.54, 1.807) is 12.4 Å². The van der Waals surface area contributed by atoms with Gasteiger partial charge < -0.3 is 9.68 Å². The summed E-state index contributed by atoms with van der Waals surface area (Å²) < 4.78 is 0. The lowest BCUT2D eigenvalue weighted by Crippen LogP contribution is -1.72. The lowest BCUT2D eigenvalue weighted by Gasteiger charge is -1.76. The molecule has 0 unspecified atom stereocenters. The van der Waals surface area contributed by atoms with Crippen LogP contribution >= 0.6 is 0 Å². The van der Waals surface area contributed by atoms with E-state index < -0.39 is 0 Å². The molecule has 0 atom stereocenters. The normalized spacial score (nSPS) is 19.2. The maximum atomic E-state index is 4.51. The second-order valence-electron chi connectivity index (χ2n) is 1.82. The van der Waals surface area contributed by atoms with Crippen molar-refractivity contribution in [3.63, 3.8) is 0 Å². The molecule has 2 rings (SSSR count). The van der Waals surface area contributed by atoms with Crippen LogP contribution in [-0.4, -0.2) is 25.6 Å². The summed E-state index contributed by atoms with van der Waals surface area (Å²) in [6.07, 6.45) is 5.50. The fraction of sp³-hybridized carbons (Fsp3) is 0.667. The molecule has 4 nitrogen and oxygen atoms in total. The Morgan fingerprint density at radius 3 is 1.50 bits per heavy atom. The predicted octanol–water partition coefficient (Wildman–Crippen LogP) is 0.785. The summed E-state index contributed by atoms with van der Waals surface area (Å²) in [6, 6.07) is 0. The van der Waals surface area contributed by atoms with Crippen LogP contribution in [0.3, 0.4) is 0 Å². The zero-order valence-electron chi connectivity index (χ0n) is 5.69. The average molecular weight is 142 g/mol. The summed E-state index contributed by atoms with van der Waals surface area (Å²) in [6.45, 7) is 1.56. The quantitative estimate of drug-likeness (QED) is 0.501. The van der Waals surface area contributed by atoms with E-state index in [0.717, 1.165) is 26.1 Å². The first-order chi connectivity index (χ1) is 5.00. The van der Waals surface area contributed by atoms with Crippen molar-refractivity contribution in [2.75, 3.05) is 13.2 Å². The molecule has 0 amide bonds. The standard InChI is InChI=1S/2C3H5NO/c2*1-2-4-5-3-1/h2*2H,1,3H2. The maximum absolute atomic E-state index is 4.51. The van der Waals surface area contributed by atoms with Crippen molar-refractivity contribution < 1.29 is 9.68 Å². The topological polar surface area (TPSA) is 43.2 Å². The molecule has 56 valence electrons. The van der Waals surface area contributed by atoms with E-state index in [-0.39, 0.29) is 0 Å². The highest BCUT2D eigenvalue weighted by Gasteiger charge is 1.86. The lowest BCUT2D eigenvalue weighted by molar-refractivity contribution is 0.174. The van der Waals surface area contributed by atoms with Gasteiger partial charge in [0.05, 0.1) is 0 Å². The van der Waals surface area contributed by atoms with Gasteiger partial charge in [0.25, 0.3) is 0 Å². The third kappa shape index (κ3) is 3.06. The Hall–Kier alpha value is -1.06. The predicted molar refractivity (Wildman–Crippen MR) is 38.1 cm³/mol. The van der Waals surface area contributed by atoms with Gasteiger partial charge in [0, 0.05) is 25.3 Å². The van der Waals surface area contributed by atoms with Crippen LogP contribution < -0.4 is 0 Å². The summed E-state index contributed by atoms with van der Waals surface area (Å²) in [5.74, 6) is 0. The number of rotatable bonds is 0. The Morgan fingerprint density at radius 2 is 1.40 bits per heavy atom. The summed E-state index contributed by atoms with van der Waals surface area (Å²) in [7, 11) is 0. The van der Waals surface area contributed by atoms with Gasteiger partial charge in [-0.15, -0.1) is 0 Å². The molecule has 0 saturated heterocycles. The monoisotopic (exact) mass is 142 g/mol. The highest BCUT2D eigenvalue weighted by atomic mass is 16.6. The van der Waals surface area contributed by atoms with E-state index in [1.807, 2.05) is 0 Å². The minimum Gasteiger partial charge on any atom is -0.396 e. The van der Waals surface area contributed by atoms with Crippen molar-refractivity contribution in [3.8, 4) is 0 Å². The van der Waals surface area contributed by atoms with Gasteiger partial charge in [-0.2, -0.15) is 0 Å².